The lowest BCUT2D eigenvalue weighted by Gasteiger charge is -2.40. The lowest BCUT2D eigenvalue weighted by molar-refractivity contribution is -0.303. The quantitative estimate of drug-likeness (QED) is 0.0215. The maximum atomic E-state index is 13.2. The van der Waals surface area contributed by atoms with Gasteiger partial charge in [0.25, 0.3) is 0 Å². The van der Waals surface area contributed by atoms with Gasteiger partial charge in [-0.05, 0) is 38.5 Å². The van der Waals surface area contributed by atoms with E-state index in [1.54, 1.807) is 0 Å². The highest BCUT2D eigenvalue weighted by atomic mass is 16.7. The van der Waals surface area contributed by atoms with Crippen LogP contribution < -0.4 is 5.32 Å². The van der Waals surface area contributed by atoms with Crippen LogP contribution in [0.2, 0.25) is 0 Å². The second kappa shape index (κ2) is 46.0. The van der Waals surface area contributed by atoms with Crippen LogP contribution in [0, 0.1) is 0 Å². The fourth-order valence-electron chi connectivity index (χ4n) is 9.39. The van der Waals surface area contributed by atoms with Crippen LogP contribution in [0.25, 0.3) is 0 Å². The first-order valence-corrected chi connectivity index (χ1v) is 28.6. The van der Waals surface area contributed by atoms with E-state index in [1.165, 1.54) is 193 Å². The molecule has 0 saturated carbocycles. The van der Waals surface area contributed by atoms with E-state index in [9.17, 15) is 40.5 Å². The van der Waals surface area contributed by atoms with Crippen LogP contribution in [-0.4, -0.2) is 110 Å². The number of aliphatic hydroxyl groups is 7. The molecule has 67 heavy (non-hydrogen) atoms. The Balaban J connectivity index is 2.32. The van der Waals surface area contributed by atoms with Crippen molar-refractivity contribution in [2.24, 2.45) is 0 Å². The molecule has 0 aromatic rings. The molecule has 0 aromatic heterocycles. The zero-order valence-corrected chi connectivity index (χ0v) is 43.4. The van der Waals surface area contributed by atoms with Crippen molar-refractivity contribution in [2.45, 2.75) is 326 Å². The van der Waals surface area contributed by atoms with Gasteiger partial charge in [-0.1, -0.05) is 244 Å². The number of hydrogen-bond donors (Lipinski definition) is 8. The van der Waals surface area contributed by atoms with Crippen molar-refractivity contribution in [3.05, 3.63) is 12.2 Å². The summed E-state index contributed by atoms with van der Waals surface area (Å²) in [7, 11) is 0. The predicted octanol–water partition coefficient (Wildman–Crippen LogP) is 11.6. The Morgan fingerprint density at radius 1 is 0.507 bits per heavy atom. The summed E-state index contributed by atoms with van der Waals surface area (Å²) < 4.78 is 11.1. The average Bonchev–Trinajstić information content (AvgIpc) is 3.33. The van der Waals surface area contributed by atoms with Crippen LogP contribution in [0.4, 0.5) is 0 Å². The third-order valence-electron chi connectivity index (χ3n) is 14.1. The number of aliphatic hydroxyl groups excluding tert-OH is 7. The largest absolute Gasteiger partial charge is 0.394 e. The first-order valence-electron chi connectivity index (χ1n) is 28.6. The van der Waals surface area contributed by atoms with Gasteiger partial charge in [-0.2, -0.15) is 0 Å². The van der Waals surface area contributed by atoms with Gasteiger partial charge in [-0.15, -0.1) is 0 Å². The zero-order valence-electron chi connectivity index (χ0n) is 43.4. The minimum absolute atomic E-state index is 0.259. The summed E-state index contributed by atoms with van der Waals surface area (Å²) >= 11 is 0. The van der Waals surface area contributed by atoms with Gasteiger partial charge >= 0.3 is 0 Å². The van der Waals surface area contributed by atoms with E-state index in [0.717, 1.165) is 38.5 Å². The van der Waals surface area contributed by atoms with Crippen LogP contribution in [0.5, 0.6) is 0 Å². The molecule has 0 aliphatic carbocycles. The summed E-state index contributed by atoms with van der Waals surface area (Å²) in [4.78, 5) is 13.2. The number of carbonyl (C=O) groups excluding carboxylic acids is 1. The Morgan fingerprint density at radius 3 is 1.28 bits per heavy atom. The zero-order chi connectivity index (χ0) is 49.0. The highest BCUT2D eigenvalue weighted by molar-refractivity contribution is 5.80. The number of allylic oxidation sites excluding steroid dienone is 2. The molecule has 1 heterocycles. The Bertz CT molecular complexity index is 1100. The molecule has 9 unspecified atom stereocenters. The molecule has 1 rings (SSSR count). The smallest absolute Gasteiger partial charge is 0.249 e. The first-order chi connectivity index (χ1) is 32.7. The van der Waals surface area contributed by atoms with E-state index < -0.39 is 74.2 Å². The Morgan fingerprint density at radius 2 is 0.881 bits per heavy atom. The number of amides is 1. The molecule has 1 aliphatic heterocycles. The number of nitrogens with one attached hydrogen (secondary N) is 1. The minimum atomic E-state index is -1.66. The van der Waals surface area contributed by atoms with E-state index in [4.69, 9.17) is 9.47 Å². The molecule has 0 spiro atoms. The molecule has 11 nitrogen and oxygen atoms in total. The SMILES string of the molecule is CCCCCCCCCCCCCC/C=C/CCCC(O)C(O)C(COC1OC(CO)C(O)C(O)C1O)NC(=O)C(O)CCCCCCCCCCCCCCCCCCCCCCCCC. The predicted molar refractivity (Wildman–Crippen MR) is 275 cm³/mol. The number of hydrogen-bond acceptors (Lipinski definition) is 10. The lowest BCUT2D eigenvalue weighted by atomic mass is 9.98. The standard InChI is InChI=1S/C56H109NO10/c1-3-5-7-9-11-13-15-17-19-21-22-23-24-25-26-28-30-32-34-36-38-40-42-44-49(60)55(65)57-47(46-66-56-54(64)53(63)52(62)50(45-58)67-56)51(61)48(59)43-41-39-37-35-33-31-29-27-20-18-16-14-12-10-8-6-4-2/h35,37,47-54,56,58-64H,3-34,36,38-46H2,1-2H3,(H,57,65)/b37-35+. The number of ether oxygens (including phenoxy) is 2. The molecule has 0 bridgehead atoms. The molecule has 8 N–H and O–H groups in total. The van der Waals surface area contributed by atoms with Crippen molar-refractivity contribution in [1.82, 2.24) is 5.32 Å². The molecule has 1 amide bonds. The number of carbonyl (C=O) groups is 1. The van der Waals surface area contributed by atoms with Crippen molar-refractivity contribution in [2.75, 3.05) is 13.2 Å². The van der Waals surface area contributed by atoms with E-state index in [2.05, 4.69) is 31.3 Å². The van der Waals surface area contributed by atoms with E-state index in [0.29, 0.717) is 12.8 Å². The second-order valence-corrected chi connectivity index (χ2v) is 20.4. The van der Waals surface area contributed by atoms with Crippen molar-refractivity contribution >= 4 is 5.91 Å². The molecule has 1 aliphatic rings. The molecule has 11 heteroatoms. The normalized spacial score (nSPS) is 20.6. The van der Waals surface area contributed by atoms with E-state index in [1.807, 2.05) is 0 Å². The monoisotopic (exact) mass is 956 g/mol. The van der Waals surface area contributed by atoms with Crippen LogP contribution >= 0.6 is 0 Å². The lowest BCUT2D eigenvalue weighted by Crippen LogP contribution is -2.60. The van der Waals surface area contributed by atoms with Crippen LogP contribution in [-0.2, 0) is 14.3 Å². The Hall–Kier alpha value is -1.15. The van der Waals surface area contributed by atoms with Gasteiger partial charge in [0.15, 0.2) is 6.29 Å². The van der Waals surface area contributed by atoms with Crippen molar-refractivity contribution in [3.8, 4) is 0 Å². The molecular weight excluding hydrogens is 847 g/mol. The van der Waals surface area contributed by atoms with Gasteiger partial charge in [0.05, 0.1) is 25.4 Å². The minimum Gasteiger partial charge on any atom is -0.394 e. The summed E-state index contributed by atoms with van der Waals surface area (Å²) in [5.74, 6) is -0.701. The van der Waals surface area contributed by atoms with E-state index in [-0.39, 0.29) is 12.8 Å². The third kappa shape index (κ3) is 34.8. The van der Waals surface area contributed by atoms with Gasteiger partial charge in [-0.3, -0.25) is 4.79 Å². The fourth-order valence-corrected chi connectivity index (χ4v) is 9.39. The third-order valence-corrected chi connectivity index (χ3v) is 14.1. The average molecular weight is 956 g/mol. The van der Waals surface area contributed by atoms with Gasteiger partial charge in [0, 0.05) is 0 Å². The number of unbranched alkanes of at least 4 members (excludes halogenated alkanes) is 35. The van der Waals surface area contributed by atoms with Crippen LogP contribution in [0.15, 0.2) is 12.2 Å². The molecule has 398 valence electrons. The highest BCUT2D eigenvalue weighted by Gasteiger charge is 2.44. The Kier molecular flexibility index (Phi) is 43.8. The summed E-state index contributed by atoms with van der Waals surface area (Å²) in [5, 5.41) is 76.0. The maximum absolute atomic E-state index is 13.2. The Labute approximate surface area is 411 Å². The number of rotatable bonds is 49. The topological polar surface area (TPSA) is 189 Å². The first kappa shape index (κ1) is 63.9. The van der Waals surface area contributed by atoms with Crippen molar-refractivity contribution in [3.63, 3.8) is 0 Å². The maximum Gasteiger partial charge on any atom is 0.249 e. The van der Waals surface area contributed by atoms with Gasteiger partial charge in [0.1, 0.15) is 36.6 Å². The van der Waals surface area contributed by atoms with Crippen molar-refractivity contribution in [1.29, 1.82) is 0 Å². The van der Waals surface area contributed by atoms with E-state index >= 15 is 0 Å². The second-order valence-electron chi connectivity index (χ2n) is 20.4. The van der Waals surface area contributed by atoms with Crippen LogP contribution in [0.3, 0.4) is 0 Å². The van der Waals surface area contributed by atoms with Crippen molar-refractivity contribution < 1.29 is 50.0 Å². The summed E-state index contributed by atoms with van der Waals surface area (Å²) in [5.41, 5.74) is 0. The van der Waals surface area contributed by atoms with Gasteiger partial charge in [0.2, 0.25) is 5.91 Å². The summed E-state index contributed by atoms with van der Waals surface area (Å²) in [6.45, 7) is 3.47. The molecule has 1 fully saturated rings. The fraction of sp³-hybridized carbons (Fsp3) is 0.946. The molecular formula is C56H109NO10. The summed E-state index contributed by atoms with van der Waals surface area (Å²) in [6, 6.07) is -1.18. The van der Waals surface area contributed by atoms with Gasteiger partial charge in [-0.25, -0.2) is 0 Å². The summed E-state index contributed by atoms with van der Waals surface area (Å²) in [6.07, 6.45) is 41.2. The molecule has 9 atom stereocenters. The van der Waals surface area contributed by atoms with Gasteiger partial charge < -0.3 is 50.5 Å². The molecule has 0 aromatic carbocycles. The van der Waals surface area contributed by atoms with Crippen LogP contribution in [0.1, 0.15) is 271 Å². The molecule has 1 saturated heterocycles. The highest BCUT2D eigenvalue weighted by Crippen LogP contribution is 2.23. The molecule has 0 radical (unpaired) electrons.